The molecular weight excluding hydrogens is 226 g/mol. The molecule has 1 aromatic rings. The maximum atomic E-state index is 11.0. The van der Waals surface area contributed by atoms with Gasteiger partial charge >= 0.3 is 0 Å². The van der Waals surface area contributed by atoms with E-state index >= 15 is 0 Å². The molecule has 0 aliphatic rings. The Morgan fingerprint density at radius 1 is 1.25 bits per heavy atom. The molecule has 0 aromatic heterocycles. The van der Waals surface area contributed by atoms with Crippen molar-refractivity contribution >= 4 is 10.0 Å². The molecule has 0 amide bonds. The molecule has 0 fully saturated rings. The van der Waals surface area contributed by atoms with E-state index < -0.39 is 10.0 Å². The SMILES string of the molecule is CC(C)OCCc1ccc(S(N)(=O)=O)cc1. The third-order valence-corrected chi connectivity index (χ3v) is 3.02. The Hall–Kier alpha value is -0.910. The molecule has 0 aliphatic heterocycles. The molecule has 16 heavy (non-hydrogen) atoms. The topological polar surface area (TPSA) is 69.4 Å². The van der Waals surface area contributed by atoms with E-state index in [1.807, 2.05) is 13.8 Å². The number of ether oxygens (including phenoxy) is 1. The van der Waals surface area contributed by atoms with Crippen LogP contribution in [0.5, 0.6) is 0 Å². The monoisotopic (exact) mass is 243 g/mol. The third-order valence-electron chi connectivity index (χ3n) is 2.09. The lowest BCUT2D eigenvalue weighted by atomic mass is 10.2. The second kappa shape index (κ2) is 5.43. The van der Waals surface area contributed by atoms with Crippen LogP contribution in [0.25, 0.3) is 0 Å². The Morgan fingerprint density at radius 2 is 1.81 bits per heavy atom. The fourth-order valence-corrected chi connectivity index (χ4v) is 1.77. The first-order valence-corrected chi connectivity index (χ1v) is 6.67. The van der Waals surface area contributed by atoms with Crippen molar-refractivity contribution in [2.24, 2.45) is 5.14 Å². The number of benzene rings is 1. The number of hydrogen-bond donors (Lipinski definition) is 1. The van der Waals surface area contributed by atoms with Gasteiger partial charge in [0.05, 0.1) is 17.6 Å². The number of nitrogens with two attached hydrogens (primary N) is 1. The molecule has 0 spiro atoms. The molecule has 4 nitrogen and oxygen atoms in total. The summed E-state index contributed by atoms with van der Waals surface area (Å²) in [5, 5.41) is 4.99. The van der Waals surface area contributed by atoms with Crippen molar-refractivity contribution in [2.75, 3.05) is 6.61 Å². The molecule has 0 unspecified atom stereocenters. The van der Waals surface area contributed by atoms with Crippen molar-refractivity contribution in [3.8, 4) is 0 Å². The van der Waals surface area contributed by atoms with Gasteiger partial charge in [-0.3, -0.25) is 0 Å². The summed E-state index contributed by atoms with van der Waals surface area (Å²) in [6, 6.07) is 6.53. The van der Waals surface area contributed by atoms with Crippen LogP contribution in [0.4, 0.5) is 0 Å². The Balaban J connectivity index is 2.59. The Morgan fingerprint density at radius 3 is 2.25 bits per heavy atom. The van der Waals surface area contributed by atoms with Gasteiger partial charge < -0.3 is 4.74 Å². The average molecular weight is 243 g/mol. The van der Waals surface area contributed by atoms with Crippen molar-refractivity contribution in [1.29, 1.82) is 0 Å². The molecule has 0 bridgehead atoms. The van der Waals surface area contributed by atoms with Gasteiger partial charge in [0.2, 0.25) is 10.0 Å². The van der Waals surface area contributed by atoms with Gasteiger partial charge in [-0.25, -0.2) is 13.6 Å². The second-order valence-electron chi connectivity index (χ2n) is 3.86. The van der Waals surface area contributed by atoms with Crippen LogP contribution in [0.3, 0.4) is 0 Å². The molecule has 0 saturated heterocycles. The van der Waals surface area contributed by atoms with Gasteiger partial charge in [-0.15, -0.1) is 0 Å². The summed E-state index contributed by atoms with van der Waals surface area (Å²) in [5.41, 5.74) is 1.04. The normalized spacial score (nSPS) is 12.0. The smallest absolute Gasteiger partial charge is 0.238 e. The summed E-state index contributed by atoms with van der Waals surface area (Å²) in [6.45, 7) is 4.58. The van der Waals surface area contributed by atoms with Crippen LogP contribution < -0.4 is 5.14 Å². The van der Waals surface area contributed by atoms with Crippen LogP contribution >= 0.6 is 0 Å². The van der Waals surface area contributed by atoms with E-state index in [1.54, 1.807) is 12.1 Å². The minimum Gasteiger partial charge on any atom is -0.378 e. The highest BCUT2D eigenvalue weighted by molar-refractivity contribution is 7.89. The molecule has 1 rings (SSSR count). The molecule has 90 valence electrons. The first-order chi connectivity index (χ1) is 7.39. The van der Waals surface area contributed by atoms with Crippen molar-refractivity contribution in [1.82, 2.24) is 0 Å². The number of rotatable bonds is 5. The van der Waals surface area contributed by atoms with Crippen LogP contribution in [-0.2, 0) is 21.2 Å². The first kappa shape index (κ1) is 13.2. The average Bonchev–Trinajstić information content (AvgIpc) is 2.16. The van der Waals surface area contributed by atoms with Crippen LogP contribution in [0.2, 0.25) is 0 Å². The maximum absolute atomic E-state index is 11.0. The van der Waals surface area contributed by atoms with Crippen LogP contribution in [0.15, 0.2) is 29.2 Å². The highest BCUT2D eigenvalue weighted by Crippen LogP contribution is 2.09. The number of primary sulfonamides is 1. The highest BCUT2D eigenvalue weighted by atomic mass is 32.2. The minimum absolute atomic E-state index is 0.140. The van der Waals surface area contributed by atoms with Gasteiger partial charge in [0.15, 0.2) is 0 Å². The summed E-state index contributed by atoms with van der Waals surface area (Å²) < 4.78 is 27.4. The van der Waals surface area contributed by atoms with Crippen LogP contribution in [0, 0.1) is 0 Å². The molecule has 1 aromatic carbocycles. The van der Waals surface area contributed by atoms with E-state index in [4.69, 9.17) is 9.88 Å². The van der Waals surface area contributed by atoms with E-state index in [2.05, 4.69) is 0 Å². The molecule has 0 radical (unpaired) electrons. The lowest BCUT2D eigenvalue weighted by Crippen LogP contribution is -2.12. The van der Waals surface area contributed by atoms with Gasteiger partial charge in [-0.2, -0.15) is 0 Å². The lowest BCUT2D eigenvalue weighted by Gasteiger charge is -2.07. The van der Waals surface area contributed by atoms with E-state index in [0.29, 0.717) is 6.61 Å². The largest absolute Gasteiger partial charge is 0.378 e. The van der Waals surface area contributed by atoms with Gasteiger partial charge in [-0.05, 0) is 38.0 Å². The molecule has 0 aliphatic carbocycles. The molecule has 0 atom stereocenters. The summed E-state index contributed by atoms with van der Waals surface area (Å²) >= 11 is 0. The maximum Gasteiger partial charge on any atom is 0.238 e. The standard InChI is InChI=1S/C11H17NO3S/c1-9(2)15-8-7-10-3-5-11(6-4-10)16(12,13)14/h3-6,9H,7-8H2,1-2H3,(H2,12,13,14). The predicted octanol–water partition coefficient (Wildman–Crippen LogP) is 1.30. The first-order valence-electron chi connectivity index (χ1n) is 5.13. The zero-order valence-corrected chi connectivity index (χ0v) is 10.3. The number of sulfonamides is 1. The van der Waals surface area contributed by atoms with E-state index in [9.17, 15) is 8.42 Å². The van der Waals surface area contributed by atoms with Crippen LogP contribution in [-0.4, -0.2) is 21.1 Å². The summed E-state index contributed by atoms with van der Waals surface area (Å²) in [5.74, 6) is 0. The Labute approximate surface area is 96.5 Å². The van der Waals surface area contributed by atoms with Crippen molar-refractivity contribution in [2.45, 2.75) is 31.3 Å². The lowest BCUT2D eigenvalue weighted by molar-refractivity contribution is 0.0813. The van der Waals surface area contributed by atoms with Gasteiger partial charge in [0.1, 0.15) is 0 Å². The Bertz CT molecular complexity index is 423. The third kappa shape index (κ3) is 4.30. The van der Waals surface area contributed by atoms with Gasteiger partial charge in [-0.1, -0.05) is 12.1 Å². The van der Waals surface area contributed by atoms with Crippen molar-refractivity contribution < 1.29 is 13.2 Å². The van der Waals surface area contributed by atoms with Gasteiger partial charge in [0, 0.05) is 0 Å². The summed E-state index contributed by atoms with van der Waals surface area (Å²) in [7, 11) is -3.58. The molecule has 0 saturated carbocycles. The zero-order chi connectivity index (χ0) is 12.2. The summed E-state index contributed by atoms with van der Waals surface area (Å²) in [4.78, 5) is 0.140. The molecular formula is C11H17NO3S. The highest BCUT2D eigenvalue weighted by Gasteiger charge is 2.06. The zero-order valence-electron chi connectivity index (χ0n) is 9.51. The fraction of sp³-hybridized carbons (Fsp3) is 0.455. The fourth-order valence-electron chi connectivity index (χ4n) is 1.26. The minimum atomic E-state index is -3.58. The Kier molecular flexibility index (Phi) is 4.46. The van der Waals surface area contributed by atoms with Crippen molar-refractivity contribution in [3.05, 3.63) is 29.8 Å². The van der Waals surface area contributed by atoms with E-state index in [1.165, 1.54) is 12.1 Å². The molecule has 5 heteroatoms. The molecule has 2 N–H and O–H groups in total. The quantitative estimate of drug-likeness (QED) is 0.847. The van der Waals surface area contributed by atoms with E-state index in [0.717, 1.165) is 12.0 Å². The van der Waals surface area contributed by atoms with Gasteiger partial charge in [0.25, 0.3) is 0 Å². The second-order valence-corrected chi connectivity index (χ2v) is 5.42. The molecule has 0 heterocycles. The number of hydrogen-bond acceptors (Lipinski definition) is 3. The van der Waals surface area contributed by atoms with E-state index in [-0.39, 0.29) is 11.0 Å². The summed E-state index contributed by atoms with van der Waals surface area (Å²) in [6.07, 6.45) is 0.979. The predicted molar refractivity (Wildman–Crippen MR) is 62.6 cm³/mol. The van der Waals surface area contributed by atoms with Crippen molar-refractivity contribution in [3.63, 3.8) is 0 Å². The van der Waals surface area contributed by atoms with Crippen LogP contribution in [0.1, 0.15) is 19.4 Å².